The predicted octanol–water partition coefficient (Wildman–Crippen LogP) is -0.366. The summed E-state index contributed by atoms with van der Waals surface area (Å²) in [5.74, 6) is 0. The third-order valence-corrected chi connectivity index (χ3v) is 2.41. The van der Waals surface area contributed by atoms with Crippen molar-refractivity contribution in [3.05, 3.63) is 18.7 Å². The fraction of sp³-hybridized carbons (Fsp3) is 0.167. The zero-order valence-corrected chi connectivity index (χ0v) is 7.56. The second kappa shape index (κ2) is 2.49. The molecule has 2 aromatic rings. The van der Waals surface area contributed by atoms with E-state index < -0.39 is 10.0 Å². The van der Waals surface area contributed by atoms with Crippen molar-refractivity contribution in [3.63, 3.8) is 0 Å². The van der Waals surface area contributed by atoms with Crippen LogP contribution in [0.15, 0.2) is 18.7 Å². The molecule has 13 heavy (non-hydrogen) atoms. The molecule has 2 rings (SSSR count). The van der Waals surface area contributed by atoms with E-state index in [2.05, 4.69) is 15.1 Å². The van der Waals surface area contributed by atoms with Gasteiger partial charge in [-0.15, -0.1) is 4.09 Å². The number of nitrogens with zero attached hydrogens (tertiary/aromatic N) is 4. The van der Waals surface area contributed by atoms with Crippen LogP contribution in [0, 0.1) is 0 Å². The van der Waals surface area contributed by atoms with Crippen LogP contribution in [0.1, 0.15) is 0 Å². The molecule has 0 atom stereocenters. The second-order valence-electron chi connectivity index (χ2n) is 2.55. The van der Waals surface area contributed by atoms with Gasteiger partial charge in [-0.2, -0.15) is 5.10 Å². The highest BCUT2D eigenvalue weighted by molar-refractivity contribution is 7.89. The van der Waals surface area contributed by atoms with Crippen LogP contribution in [0.4, 0.5) is 0 Å². The molecule has 0 saturated heterocycles. The van der Waals surface area contributed by atoms with Crippen LogP contribution in [-0.2, 0) is 10.0 Å². The van der Waals surface area contributed by atoms with Gasteiger partial charge >= 0.3 is 0 Å². The average Bonchev–Trinajstić information content (AvgIpc) is 2.45. The van der Waals surface area contributed by atoms with Gasteiger partial charge in [0.1, 0.15) is 6.33 Å². The molecule has 0 unspecified atom stereocenters. The SMILES string of the molecule is CS(=O)(=O)n1ncc2cncnc21. The van der Waals surface area contributed by atoms with Gasteiger partial charge in [-0.1, -0.05) is 0 Å². The molecule has 2 heterocycles. The van der Waals surface area contributed by atoms with Gasteiger partial charge in [0, 0.05) is 6.20 Å². The monoisotopic (exact) mass is 198 g/mol. The van der Waals surface area contributed by atoms with E-state index in [4.69, 9.17) is 0 Å². The van der Waals surface area contributed by atoms with Gasteiger partial charge in [0.15, 0.2) is 5.65 Å². The molecule has 7 heteroatoms. The molecular weight excluding hydrogens is 192 g/mol. The Kier molecular flexibility index (Phi) is 1.56. The summed E-state index contributed by atoms with van der Waals surface area (Å²) in [5, 5.41) is 4.30. The van der Waals surface area contributed by atoms with Crippen molar-refractivity contribution in [2.75, 3.05) is 6.26 Å². The molecule has 2 aromatic heterocycles. The molecule has 0 aliphatic carbocycles. The Hall–Kier alpha value is -1.50. The van der Waals surface area contributed by atoms with Crippen molar-refractivity contribution in [3.8, 4) is 0 Å². The molecule has 0 aliphatic rings. The molecule has 6 nitrogen and oxygen atoms in total. The van der Waals surface area contributed by atoms with Gasteiger partial charge < -0.3 is 0 Å². The van der Waals surface area contributed by atoms with Gasteiger partial charge in [0.05, 0.1) is 17.8 Å². The number of hydrogen-bond donors (Lipinski definition) is 0. The van der Waals surface area contributed by atoms with Crippen LogP contribution in [0.3, 0.4) is 0 Å². The van der Waals surface area contributed by atoms with Crippen molar-refractivity contribution < 1.29 is 8.42 Å². The summed E-state index contributed by atoms with van der Waals surface area (Å²) in [4.78, 5) is 7.57. The summed E-state index contributed by atoms with van der Waals surface area (Å²) in [6.45, 7) is 0. The predicted molar refractivity (Wildman–Crippen MR) is 45.6 cm³/mol. The summed E-state index contributed by atoms with van der Waals surface area (Å²) in [5.41, 5.74) is 0.303. The van der Waals surface area contributed by atoms with E-state index in [0.717, 1.165) is 10.3 Å². The molecular formula is C6H6N4O2S. The lowest BCUT2D eigenvalue weighted by Gasteiger charge is -1.96. The summed E-state index contributed by atoms with van der Waals surface area (Å²) in [6, 6.07) is 0. The topological polar surface area (TPSA) is 77.7 Å². The molecule has 0 aromatic carbocycles. The summed E-state index contributed by atoms with van der Waals surface area (Å²) >= 11 is 0. The maximum atomic E-state index is 11.1. The van der Waals surface area contributed by atoms with E-state index in [-0.39, 0.29) is 0 Å². The van der Waals surface area contributed by atoms with Crippen molar-refractivity contribution >= 4 is 21.1 Å². The molecule has 68 valence electrons. The van der Waals surface area contributed by atoms with E-state index in [1.54, 1.807) is 0 Å². The maximum absolute atomic E-state index is 11.1. The van der Waals surface area contributed by atoms with Crippen LogP contribution in [-0.4, -0.2) is 33.8 Å². The van der Waals surface area contributed by atoms with E-state index in [9.17, 15) is 8.42 Å². The third-order valence-electron chi connectivity index (χ3n) is 1.52. The lowest BCUT2D eigenvalue weighted by atomic mass is 10.5. The molecule has 0 saturated carbocycles. The Labute approximate surface area is 74.3 Å². The molecule has 0 aliphatic heterocycles. The molecule has 0 bridgehead atoms. The highest BCUT2D eigenvalue weighted by Gasteiger charge is 2.11. The Bertz CT molecular complexity index is 545. The first-order valence-electron chi connectivity index (χ1n) is 3.43. The molecule has 0 amide bonds. The first-order valence-corrected chi connectivity index (χ1v) is 5.28. The summed E-state index contributed by atoms with van der Waals surface area (Å²) in [7, 11) is -3.37. The standard InChI is InChI=1S/C6H6N4O2S/c1-13(11,12)10-6-5(3-9-10)2-7-4-8-6/h2-4H,1H3. The van der Waals surface area contributed by atoms with E-state index in [1.165, 1.54) is 18.7 Å². The quantitative estimate of drug-likeness (QED) is 0.625. The molecule has 0 fully saturated rings. The Morgan fingerprint density at radius 3 is 2.85 bits per heavy atom. The van der Waals surface area contributed by atoms with Crippen LogP contribution in [0.25, 0.3) is 11.0 Å². The molecule has 0 radical (unpaired) electrons. The fourth-order valence-electron chi connectivity index (χ4n) is 0.997. The largest absolute Gasteiger partial charge is 0.252 e. The van der Waals surface area contributed by atoms with Gasteiger partial charge in [0.2, 0.25) is 0 Å². The summed E-state index contributed by atoms with van der Waals surface area (Å²) < 4.78 is 23.2. The normalized spacial score (nSPS) is 12.1. The van der Waals surface area contributed by atoms with Gasteiger partial charge in [0.25, 0.3) is 10.0 Å². The number of rotatable bonds is 1. The maximum Gasteiger partial charge on any atom is 0.252 e. The van der Waals surface area contributed by atoms with Gasteiger partial charge in [-0.25, -0.2) is 18.4 Å². The zero-order chi connectivity index (χ0) is 9.47. The van der Waals surface area contributed by atoms with E-state index in [0.29, 0.717) is 11.0 Å². The van der Waals surface area contributed by atoms with Crippen LogP contribution < -0.4 is 0 Å². The van der Waals surface area contributed by atoms with Crippen LogP contribution in [0.2, 0.25) is 0 Å². The minimum absolute atomic E-state index is 0.303. The Morgan fingerprint density at radius 1 is 1.38 bits per heavy atom. The van der Waals surface area contributed by atoms with Crippen molar-refractivity contribution in [1.29, 1.82) is 0 Å². The fourth-order valence-corrected chi connectivity index (χ4v) is 1.68. The van der Waals surface area contributed by atoms with Gasteiger partial charge in [-0.05, 0) is 0 Å². The number of fused-ring (bicyclic) bond motifs is 1. The zero-order valence-electron chi connectivity index (χ0n) is 6.75. The molecule has 0 N–H and O–H groups in total. The lowest BCUT2D eigenvalue weighted by Crippen LogP contribution is -2.11. The number of hydrogen-bond acceptors (Lipinski definition) is 5. The average molecular weight is 198 g/mol. The van der Waals surface area contributed by atoms with Crippen LogP contribution >= 0.6 is 0 Å². The smallest absolute Gasteiger partial charge is 0.244 e. The lowest BCUT2D eigenvalue weighted by molar-refractivity contribution is 0.588. The van der Waals surface area contributed by atoms with Gasteiger partial charge in [-0.3, -0.25) is 0 Å². The summed E-state index contributed by atoms with van der Waals surface area (Å²) in [6.07, 6.45) is 5.28. The van der Waals surface area contributed by atoms with Crippen molar-refractivity contribution in [2.45, 2.75) is 0 Å². The minimum Gasteiger partial charge on any atom is -0.244 e. The Balaban J connectivity index is 2.87. The van der Waals surface area contributed by atoms with Crippen LogP contribution in [0.5, 0.6) is 0 Å². The first-order chi connectivity index (χ1) is 6.09. The van der Waals surface area contributed by atoms with Crippen molar-refractivity contribution in [2.24, 2.45) is 0 Å². The number of aromatic nitrogens is 4. The van der Waals surface area contributed by atoms with Crippen molar-refractivity contribution in [1.82, 2.24) is 19.2 Å². The molecule has 0 spiro atoms. The minimum atomic E-state index is -3.37. The first kappa shape index (κ1) is 8.11. The Morgan fingerprint density at radius 2 is 2.15 bits per heavy atom. The van der Waals surface area contributed by atoms with E-state index >= 15 is 0 Å². The third kappa shape index (κ3) is 1.26. The van der Waals surface area contributed by atoms with E-state index in [1.807, 2.05) is 0 Å². The highest BCUT2D eigenvalue weighted by atomic mass is 32.2. The highest BCUT2D eigenvalue weighted by Crippen LogP contribution is 2.09. The second-order valence-corrected chi connectivity index (χ2v) is 4.36.